The summed E-state index contributed by atoms with van der Waals surface area (Å²) < 4.78 is 15.9. The van der Waals surface area contributed by atoms with Crippen molar-refractivity contribution in [3.8, 4) is 0 Å². The number of rotatable bonds is 6. The van der Waals surface area contributed by atoms with Crippen molar-refractivity contribution in [3.63, 3.8) is 0 Å². The topological polar surface area (TPSA) is 148 Å². The Bertz CT molecular complexity index is 498. The minimum Gasteiger partial charge on any atom is -0.396 e. The van der Waals surface area contributed by atoms with Gasteiger partial charge in [0.05, 0.1) is 6.61 Å². The van der Waals surface area contributed by atoms with E-state index in [0.29, 0.717) is 0 Å². The van der Waals surface area contributed by atoms with Gasteiger partial charge in [-0.05, 0) is 6.07 Å². The number of anilines is 1. The first-order valence-corrected chi connectivity index (χ1v) is 6.49. The molecule has 102 valence electrons. The standard InChI is InChI=1S/C8H14N3O6P/c9-7-1-2-11(8(13)10-7)3-6(4-12)5-17-18(14,15)16/h1-2,6,12H,3-5H2,(H2,9,10,13)(H2,14,15,16). The quantitative estimate of drug-likeness (QED) is 0.462. The van der Waals surface area contributed by atoms with Crippen molar-refractivity contribution in [1.82, 2.24) is 9.55 Å². The second-order valence-electron chi connectivity index (χ2n) is 3.62. The summed E-state index contributed by atoms with van der Waals surface area (Å²) in [6.45, 7) is -0.753. The van der Waals surface area contributed by atoms with Crippen molar-refractivity contribution in [2.24, 2.45) is 5.92 Å². The monoisotopic (exact) mass is 279 g/mol. The molecule has 0 aromatic carbocycles. The largest absolute Gasteiger partial charge is 0.469 e. The van der Waals surface area contributed by atoms with Crippen LogP contribution in [0.3, 0.4) is 0 Å². The van der Waals surface area contributed by atoms with E-state index >= 15 is 0 Å². The lowest BCUT2D eigenvalue weighted by atomic mass is 10.2. The molecule has 0 spiro atoms. The smallest absolute Gasteiger partial charge is 0.396 e. The molecule has 18 heavy (non-hydrogen) atoms. The number of nitrogens with two attached hydrogens (primary N) is 1. The molecule has 0 saturated carbocycles. The third kappa shape index (κ3) is 4.94. The average Bonchev–Trinajstić information content (AvgIpc) is 2.25. The van der Waals surface area contributed by atoms with Crippen molar-refractivity contribution < 1.29 is 24.0 Å². The predicted octanol–water partition coefficient (Wildman–Crippen LogP) is -1.46. The highest BCUT2D eigenvalue weighted by Gasteiger charge is 2.18. The first kappa shape index (κ1) is 14.8. The summed E-state index contributed by atoms with van der Waals surface area (Å²) in [5.41, 5.74) is 4.70. The molecule has 0 fully saturated rings. The van der Waals surface area contributed by atoms with Crippen LogP contribution in [-0.4, -0.2) is 37.7 Å². The zero-order valence-corrected chi connectivity index (χ0v) is 10.2. The van der Waals surface area contributed by atoms with Crippen LogP contribution >= 0.6 is 7.82 Å². The molecule has 0 bridgehead atoms. The number of aliphatic hydroxyl groups excluding tert-OH is 1. The van der Waals surface area contributed by atoms with E-state index in [9.17, 15) is 9.36 Å². The molecule has 0 radical (unpaired) electrons. The van der Waals surface area contributed by atoms with Gasteiger partial charge in [-0.25, -0.2) is 9.36 Å². The minimum atomic E-state index is -4.59. The van der Waals surface area contributed by atoms with Crippen LogP contribution in [0.15, 0.2) is 17.1 Å². The van der Waals surface area contributed by atoms with E-state index in [0.717, 1.165) is 0 Å². The molecule has 1 heterocycles. The van der Waals surface area contributed by atoms with Crippen molar-refractivity contribution in [1.29, 1.82) is 0 Å². The van der Waals surface area contributed by atoms with Crippen molar-refractivity contribution in [3.05, 3.63) is 22.7 Å². The van der Waals surface area contributed by atoms with E-state index in [4.69, 9.17) is 20.6 Å². The van der Waals surface area contributed by atoms with Gasteiger partial charge in [-0.2, -0.15) is 4.98 Å². The summed E-state index contributed by atoms with van der Waals surface area (Å²) in [6.07, 6.45) is 1.38. The fourth-order valence-corrected chi connectivity index (χ4v) is 1.63. The number of phosphoric acid groups is 1. The third-order valence-corrected chi connectivity index (χ3v) is 2.57. The Morgan fingerprint density at radius 3 is 2.72 bits per heavy atom. The first-order valence-electron chi connectivity index (χ1n) is 4.95. The average molecular weight is 279 g/mol. The molecule has 1 atom stereocenters. The van der Waals surface area contributed by atoms with Crippen LogP contribution in [0.5, 0.6) is 0 Å². The van der Waals surface area contributed by atoms with E-state index < -0.39 is 26.0 Å². The highest BCUT2D eigenvalue weighted by atomic mass is 31.2. The Hall–Kier alpha value is -1.25. The Kier molecular flexibility index (Phi) is 5.00. The van der Waals surface area contributed by atoms with Gasteiger partial charge in [-0.1, -0.05) is 0 Å². The van der Waals surface area contributed by atoms with E-state index in [1.165, 1.54) is 16.8 Å². The SMILES string of the molecule is Nc1ccn(CC(CO)COP(=O)(O)O)c(=O)n1. The lowest BCUT2D eigenvalue weighted by molar-refractivity contribution is 0.119. The minimum absolute atomic E-state index is 0.0165. The van der Waals surface area contributed by atoms with E-state index in [-0.39, 0.29) is 19.0 Å². The molecule has 5 N–H and O–H groups in total. The molecule has 10 heteroatoms. The van der Waals surface area contributed by atoms with Gasteiger partial charge in [0.25, 0.3) is 0 Å². The molecule has 0 saturated heterocycles. The molecular formula is C8H14N3O6P. The maximum atomic E-state index is 11.4. The van der Waals surface area contributed by atoms with Gasteiger partial charge in [0.2, 0.25) is 0 Å². The van der Waals surface area contributed by atoms with Gasteiger partial charge in [0.1, 0.15) is 5.82 Å². The summed E-state index contributed by atoms with van der Waals surface area (Å²) in [5.74, 6) is -0.566. The molecule has 9 nitrogen and oxygen atoms in total. The van der Waals surface area contributed by atoms with Gasteiger partial charge in [-0.15, -0.1) is 0 Å². The Balaban J connectivity index is 2.68. The number of hydrogen-bond donors (Lipinski definition) is 4. The maximum absolute atomic E-state index is 11.4. The van der Waals surface area contributed by atoms with E-state index in [1.807, 2.05) is 0 Å². The van der Waals surface area contributed by atoms with Crippen molar-refractivity contribution >= 4 is 13.6 Å². The van der Waals surface area contributed by atoms with Crippen LogP contribution in [0.2, 0.25) is 0 Å². The summed E-state index contributed by atoms with van der Waals surface area (Å²) in [5, 5.41) is 9.04. The molecule has 0 aliphatic rings. The number of nitrogens with zero attached hydrogens (tertiary/aromatic N) is 2. The molecule has 0 amide bonds. The fraction of sp³-hybridized carbons (Fsp3) is 0.500. The Morgan fingerprint density at radius 2 is 2.22 bits per heavy atom. The van der Waals surface area contributed by atoms with Crippen LogP contribution in [0.1, 0.15) is 0 Å². The van der Waals surface area contributed by atoms with Gasteiger partial charge in [0.15, 0.2) is 0 Å². The predicted molar refractivity (Wildman–Crippen MR) is 61.5 cm³/mol. The summed E-state index contributed by atoms with van der Waals surface area (Å²) >= 11 is 0. The maximum Gasteiger partial charge on any atom is 0.469 e. The van der Waals surface area contributed by atoms with Crippen LogP contribution in [0.25, 0.3) is 0 Å². The van der Waals surface area contributed by atoms with E-state index in [1.54, 1.807) is 0 Å². The number of nitrogen functional groups attached to an aromatic ring is 1. The Morgan fingerprint density at radius 1 is 1.56 bits per heavy atom. The zero-order valence-electron chi connectivity index (χ0n) is 9.34. The van der Waals surface area contributed by atoms with Gasteiger partial charge in [0, 0.05) is 25.3 Å². The molecule has 0 aliphatic carbocycles. The third-order valence-electron chi connectivity index (χ3n) is 2.09. The molecule has 1 rings (SSSR count). The van der Waals surface area contributed by atoms with Crippen molar-refractivity contribution in [2.75, 3.05) is 18.9 Å². The number of aromatic nitrogens is 2. The van der Waals surface area contributed by atoms with Crippen LogP contribution in [0, 0.1) is 5.92 Å². The normalized spacial score (nSPS) is 13.5. The fourth-order valence-electron chi connectivity index (χ4n) is 1.22. The number of aliphatic hydroxyl groups is 1. The molecule has 1 aromatic rings. The van der Waals surface area contributed by atoms with E-state index in [2.05, 4.69) is 9.51 Å². The van der Waals surface area contributed by atoms with Crippen molar-refractivity contribution in [2.45, 2.75) is 6.54 Å². The highest BCUT2D eigenvalue weighted by molar-refractivity contribution is 7.46. The van der Waals surface area contributed by atoms with Gasteiger partial charge in [-0.3, -0.25) is 9.09 Å². The molecular weight excluding hydrogens is 265 g/mol. The van der Waals surface area contributed by atoms with Crippen LogP contribution < -0.4 is 11.4 Å². The summed E-state index contributed by atoms with van der Waals surface area (Å²) in [6, 6.07) is 1.40. The van der Waals surface area contributed by atoms with Crippen LogP contribution in [0.4, 0.5) is 5.82 Å². The van der Waals surface area contributed by atoms with Gasteiger partial charge < -0.3 is 20.6 Å². The van der Waals surface area contributed by atoms with Crippen LogP contribution in [-0.2, 0) is 15.6 Å². The van der Waals surface area contributed by atoms with Gasteiger partial charge >= 0.3 is 13.5 Å². The number of phosphoric ester groups is 1. The first-order chi connectivity index (χ1) is 8.31. The second-order valence-corrected chi connectivity index (χ2v) is 4.86. The highest BCUT2D eigenvalue weighted by Crippen LogP contribution is 2.36. The molecule has 0 aliphatic heterocycles. The summed E-state index contributed by atoms with van der Waals surface area (Å²) in [7, 11) is -4.59. The zero-order chi connectivity index (χ0) is 13.8. The molecule has 1 aromatic heterocycles. The number of hydrogen-bond acceptors (Lipinski definition) is 6. The second kappa shape index (κ2) is 6.07. The lowest BCUT2D eigenvalue weighted by Gasteiger charge is -2.15. The molecule has 1 unspecified atom stereocenters. The summed E-state index contributed by atoms with van der Waals surface area (Å²) in [4.78, 5) is 31.9. The lowest BCUT2D eigenvalue weighted by Crippen LogP contribution is -2.29. The Labute approximate surface area is 102 Å².